The molecule has 0 aliphatic rings. The van der Waals surface area contributed by atoms with E-state index in [0.29, 0.717) is 41.1 Å². The highest BCUT2D eigenvalue weighted by atomic mass is 35.5. The van der Waals surface area contributed by atoms with Gasteiger partial charge in [0, 0.05) is 5.88 Å². The molecule has 0 unspecified atom stereocenters. The van der Waals surface area contributed by atoms with Gasteiger partial charge in [-0.1, -0.05) is 12.1 Å². The van der Waals surface area contributed by atoms with Crippen LogP contribution in [0.2, 0.25) is 0 Å². The van der Waals surface area contributed by atoms with Crippen molar-refractivity contribution in [3.8, 4) is 0 Å². The van der Waals surface area contributed by atoms with Gasteiger partial charge in [-0.25, -0.2) is 4.39 Å². The summed E-state index contributed by atoms with van der Waals surface area (Å²) in [6.45, 7) is 9.45. The van der Waals surface area contributed by atoms with Crippen molar-refractivity contribution in [1.82, 2.24) is 4.83 Å². The predicted octanol–water partition coefficient (Wildman–Crippen LogP) is 5.07. The zero-order chi connectivity index (χ0) is 21.1. The van der Waals surface area contributed by atoms with Gasteiger partial charge in [-0.2, -0.15) is 18.4 Å². The monoisotopic (exact) mass is 424 g/mol. The number of hydrogen-bond donors (Lipinski definition) is 1. The van der Waals surface area contributed by atoms with Gasteiger partial charge in [-0.15, -0.1) is 11.6 Å². The van der Waals surface area contributed by atoms with Crippen LogP contribution in [0.5, 0.6) is 0 Å². The van der Waals surface area contributed by atoms with E-state index in [1.165, 1.54) is 12.1 Å². The SMILES string of the molecule is Cc1c(C)c(C)c(S(=O)(=O)NN=C(CCCCl)c2ccc(F)cc2)c(C)c1C. The van der Waals surface area contributed by atoms with Crippen LogP contribution in [0.4, 0.5) is 4.39 Å². The maximum Gasteiger partial charge on any atom is 0.277 e. The van der Waals surface area contributed by atoms with Crippen molar-refractivity contribution in [1.29, 1.82) is 0 Å². The summed E-state index contributed by atoms with van der Waals surface area (Å²) in [6.07, 6.45) is 1.10. The van der Waals surface area contributed by atoms with Gasteiger partial charge in [0.2, 0.25) is 0 Å². The Morgan fingerprint density at radius 2 is 1.46 bits per heavy atom. The highest BCUT2D eigenvalue weighted by Gasteiger charge is 2.23. The van der Waals surface area contributed by atoms with Gasteiger partial charge < -0.3 is 0 Å². The molecule has 152 valence electrons. The van der Waals surface area contributed by atoms with Gasteiger partial charge in [-0.05, 0) is 93.0 Å². The minimum atomic E-state index is -3.86. The number of rotatable bonds is 7. The molecule has 4 nitrogen and oxygen atoms in total. The molecule has 7 heteroatoms. The van der Waals surface area contributed by atoms with Crippen LogP contribution in [0.25, 0.3) is 0 Å². The van der Waals surface area contributed by atoms with E-state index in [9.17, 15) is 12.8 Å². The third-order valence-corrected chi connectivity index (χ3v) is 6.97. The molecule has 0 amide bonds. The van der Waals surface area contributed by atoms with Crippen molar-refractivity contribution in [2.45, 2.75) is 52.4 Å². The van der Waals surface area contributed by atoms with Gasteiger partial charge in [0.1, 0.15) is 5.82 Å². The molecule has 0 bridgehead atoms. The summed E-state index contributed by atoms with van der Waals surface area (Å²) in [5.41, 5.74) is 5.59. The second kappa shape index (κ2) is 9.05. The molecule has 0 saturated carbocycles. The van der Waals surface area contributed by atoms with Gasteiger partial charge in [0.05, 0.1) is 10.6 Å². The number of benzene rings is 2. The van der Waals surface area contributed by atoms with Crippen molar-refractivity contribution in [2.75, 3.05) is 5.88 Å². The van der Waals surface area contributed by atoms with Crippen LogP contribution >= 0.6 is 11.6 Å². The van der Waals surface area contributed by atoms with Crippen LogP contribution in [0.15, 0.2) is 34.3 Å². The average Bonchev–Trinajstić information content (AvgIpc) is 2.65. The minimum Gasteiger partial charge on any atom is -0.207 e. The zero-order valence-corrected chi connectivity index (χ0v) is 18.4. The second-order valence-electron chi connectivity index (χ2n) is 6.91. The van der Waals surface area contributed by atoms with E-state index in [0.717, 1.165) is 16.7 Å². The molecular formula is C21H26ClFN2O2S. The van der Waals surface area contributed by atoms with Crippen LogP contribution < -0.4 is 4.83 Å². The van der Waals surface area contributed by atoms with E-state index in [-0.39, 0.29) is 10.7 Å². The number of nitrogens with one attached hydrogen (secondary N) is 1. The fourth-order valence-electron chi connectivity index (χ4n) is 3.17. The van der Waals surface area contributed by atoms with Crippen LogP contribution in [0.1, 0.15) is 46.2 Å². The topological polar surface area (TPSA) is 58.5 Å². The Morgan fingerprint density at radius 3 is 1.96 bits per heavy atom. The Balaban J connectivity index is 2.47. The molecule has 0 atom stereocenters. The lowest BCUT2D eigenvalue weighted by Crippen LogP contribution is -2.23. The third-order valence-electron chi connectivity index (χ3n) is 5.23. The van der Waals surface area contributed by atoms with Crippen molar-refractivity contribution in [2.24, 2.45) is 5.10 Å². The Morgan fingerprint density at radius 1 is 0.964 bits per heavy atom. The van der Waals surface area contributed by atoms with E-state index in [1.807, 2.05) is 20.8 Å². The third kappa shape index (κ3) is 4.73. The molecule has 2 rings (SSSR count). The second-order valence-corrected chi connectivity index (χ2v) is 8.88. The summed E-state index contributed by atoms with van der Waals surface area (Å²) in [6, 6.07) is 5.79. The molecule has 0 saturated heterocycles. The molecule has 1 N–H and O–H groups in total. The Labute approximate surface area is 171 Å². The number of hydrazone groups is 1. The summed E-state index contributed by atoms with van der Waals surface area (Å²) in [7, 11) is -3.86. The highest BCUT2D eigenvalue weighted by Crippen LogP contribution is 2.29. The Kier molecular flexibility index (Phi) is 7.23. The summed E-state index contributed by atoms with van der Waals surface area (Å²) < 4.78 is 39.3. The summed E-state index contributed by atoms with van der Waals surface area (Å²) in [5.74, 6) is 0.0551. The lowest BCUT2D eigenvalue weighted by molar-refractivity contribution is 0.582. The van der Waals surface area contributed by atoms with Crippen LogP contribution in [-0.2, 0) is 10.0 Å². The first-order chi connectivity index (χ1) is 13.1. The van der Waals surface area contributed by atoms with E-state index < -0.39 is 10.0 Å². The number of alkyl halides is 1. The molecule has 0 radical (unpaired) electrons. The van der Waals surface area contributed by atoms with Crippen LogP contribution in [0.3, 0.4) is 0 Å². The number of hydrogen-bond acceptors (Lipinski definition) is 3. The van der Waals surface area contributed by atoms with E-state index in [4.69, 9.17) is 11.6 Å². The minimum absolute atomic E-state index is 0.257. The Hall–Kier alpha value is -1.92. The molecule has 0 spiro atoms. The zero-order valence-electron chi connectivity index (χ0n) is 16.9. The summed E-state index contributed by atoms with van der Waals surface area (Å²) in [5, 5.41) is 4.17. The number of halogens is 2. The molecule has 2 aromatic carbocycles. The largest absolute Gasteiger partial charge is 0.277 e. The first kappa shape index (κ1) is 22.4. The van der Waals surface area contributed by atoms with Crippen molar-refractivity contribution >= 4 is 27.3 Å². The molecule has 0 aliphatic carbocycles. The summed E-state index contributed by atoms with van der Waals surface area (Å²) in [4.78, 5) is 2.63. The maximum atomic E-state index is 13.2. The average molecular weight is 425 g/mol. The molecule has 0 fully saturated rings. The molecular weight excluding hydrogens is 399 g/mol. The predicted molar refractivity (Wildman–Crippen MR) is 113 cm³/mol. The van der Waals surface area contributed by atoms with Crippen LogP contribution in [-0.4, -0.2) is 20.0 Å². The van der Waals surface area contributed by atoms with Gasteiger partial charge in [0.15, 0.2) is 0 Å². The maximum absolute atomic E-state index is 13.2. The molecule has 0 aromatic heterocycles. The molecule has 28 heavy (non-hydrogen) atoms. The highest BCUT2D eigenvalue weighted by molar-refractivity contribution is 7.89. The van der Waals surface area contributed by atoms with E-state index >= 15 is 0 Å². The number of nitrogens with zero attached hydrogens (tertiary/aromatic N) is 1. The van der Waals surface area contributed by atoms with Crippen LogP contribution in [0, 0.1) is 40.4 Å². The normalized spacial score (nSPS) is 12.3. The molecule has 0 aliphatic heterocycles. The van der Waals surface area contributed by atoms with Gasteiger partial charge >= 0.3 is 0 Å². The quantitative estimate of drug-likeness (QED) is 0.383. The Bertz CT molecular complexity index is 971. The number of sulfonamides is 1. The standard InChI is InChI=1S/C21H26ClFN2O2S/c1-13-14(2)16(4)21(17(5)15(13)3)28(26,27)25-24-20(7-6-12-22)18-8-10-19(23)11-9-18/h8-11,25H,6-7,12H2,1-5H3. The van der Waals surface area contributed by atoms with Crippen molar-refractivity contribution in [3.63, 3.8) is 0 Å². The van der Waals surface area contributed by atoms with E-state index in [2.05, 4.69) is 9.93 Å². The van der Waals surface area contributed by atoms with Gasteiger partial charge in [-0.3, -0.25) is 0 Å². The molecule has 2 aromatic rings. The van der Waals surface area contributed by atoms with Crippen molar-refractivity contribution in [3.05, 3.63) is 63.5 Å². The lowest BCUT2D eigenvalue weighted by Gasteiger charge is -2.18. The summed E-state index contributed by atoms with van der Waals surface area (Å²) >= 11 is 5.78. The first-order valence-electron chi connectivity index (χ1n) is 9.07. The van der Waals surface area contributed by atoms with Gasteiger partial charge in [0.25, 0.3) is 10.0 Å². The molecule has 0 heterocycles. The van der Waals surface area contributed by atoms with E-state index in [1.54, 1.807) is 26.0 Å². The lowest BCUT2D eigenvalue weighted by atomic mass is 9.95. The van der Waals surface area contributed by atoms with Crippen molar-refractivity contribution < 1.29 is 12.8 Å². The fraction of sp³-hybridized carbons (Fsp3) is 0.381. The fourth-order valence-corrected chi connectivity index (χ4v) is 4.74. The first-order valence-corrected chi connectivity index (χ1v) is 11.1. The smallest absolute Gasteiger partial charge is 0.207 e.